The van der Waals surface area contributed by atoms with Crippen molar-refractivity contribution >= 4 is 39.2 Å². The number of rotatable bonds is 11. The Balaban J connectivity index is 2.28. The first-order chi connectivity index (χ1) is 15.6. The second-order valence-electron chi connectivity index (χ2n) is 7.10. The van der Waals surface area contributed by atoms with Gasteiger partial charge in [-0.3, -0.25) is 9.10 Å². The van der Waals surface area contributed by atoms with Crippen molar-refractivity contribution in [3.05, 3.63) is 71.5 Å². The van der Waals surface area contributed by atoms with Crippen LogP contribution in [0.4, 0.5) is 10.1 Å². The molecule has 1 amide bonds. The number of nitrogens with one attached hydrogen (secondary N) is 1. The van der Waals surface area contributed by atoms with Gasteiger partial charge in [0.2, 0.25) is 0 Å². The van der Waals surface area contributed by atoms with Crippen LogP contribution in [0, 0.1) is 5.82 Å². The van der Waals surface area contributed by atoms with E-state index in [-0.39, 0.29) is 33.8 Å². The van der Waals surface area contributed by atoms with Crippen molar-refractivity contribution in [1.29, 1.82) is 0 Å². The van der Waals surface area contributed by atoms with Gasteiger partial charge in [-0.05, 0) is 55.3 Å². The van der Waals surface area contributed by atoms with Gasteiger partial charge in [-0.1, -0.05) is 31.5 Å². The van der Waals surface area contributed by atoms with Gasteiger partial charge in [0.05, 0.1) is 22.8 Å². The number of hydrogen-bond donors (Lipinski definition) is 1. The molecule has 2 rings (SSSR count). The molecule has 7 nitrogen and oxygen atoms in total. The van der Waals surface area contributed by atoms with Crippen LogP contribution in [-0.4, -0.2) is 39.5 Å². The van der Waals surface area contributed by atoms with Crippen LogP contribution in [0.2, 0.25) is 5.02 Å². The van der Waals surface area contributed by atoms with E-state index < -0.39 is 34.3 Å². The number of anilines is 1. The summed E-state index contributed by atoms with van der Waals surface area (Å²) in [6, 6.07) is 8.49. The fourth-order valence-electron chi connectivity index (χ4n) is 2.99. The van der Waals surface area contributed by atoms with E-state index in [0.29, 0.717) is 0 Å². The Kier molecular flexibility index (Phi) is 9.43. The number of nitrogens with zero attached hydrogens (tertiary/aromatic N) is 1. The maximum atomic E-state index is 13.3. The molecule has 33 heavy (non-hydrogen) atoms. The van der Waals surface area contributed by atoms with Gasteiger partial charge in [0.1, 0.15) is 10.7 Å². The molecule has 0 aliphatic rings. The van der Waals surface area contributed by atoms with Crippen molar-refractivity contribution in [1.82, 2.24) is 5.32 Å². The lowest BCUT2D eigenvalue weighted by Crippen LogP contribution is -2.36. The molecule has 0 unspecified atom stereocenters. The Bertz CT molecular complexity index is 1100. The van der Waals surface area contributed by atoms with E-state index in [1.54, 1.807) is 0 Å². The summed E-state index contributed by atoms with van der Waals surface area (Å²) in [6.07, 6.45) is 2.85. The van der Waals surface area contributed by atoms with Crippen molar-refractivity contribution in [3.63, 3.8) is 0 Å². The van der Waals surface area contributed by atoms with Gasteiger partial charge in [-0.15, -0.1) is 6.58 Å². The molecule has 0 atom stereocenters. The van der Waals surface area contributed by atoms with Gasteiger partial charge in [0, 0.05) is 6.04 Å². The standard InChI is InChI=1S/C23H26ClFN2O5S/c1-4-13-27(19-10-8-17(25)9-11-19)33(30,31)21-14-16(7-12-20(21)24)23(29)32-15-22(28)26-18(5-2)6-3/h4,7-12,14,18H,1,5-6,13,15H2,2-3H3,(H,26,28). The molecule has 0 spiro atoms. The molecule has 0 aliphatic heterocycles. The minimum Gasteiger partial charge on any atom is -0.452 e. The molecule has 2 aromatic carbocycles. The highest BCUT2D eigenvalue weighted by molar-refractivity contribution is 7.93. The predicted octanol–water partition coefficient (Wildman–Crippen LogP) is 4.32. The van der Waals surface area contributed by atoms with E-state index in [2.05, 4.69) is 11.9 Å². The van der Waals surface area contributed by atoms with Crippen LogP contribution in [0.25, 0.3) is 0 Å². The Morgan fingerprint density at radius 3 is 2.39 bits per heavy atom. The average Bonchev–Trinajstić information content (AvgIpc) is 2.80. The van der Waals surface area contributed by atoms with Crippen LogP contribution in [0.3, 0.4) is 0 Å². The van der Waals surface area contributed by atoms with Gasteiger partial charge in [0.15, 0.2) is 6.61 Å². The molecular weight excluding hydrogens is 471 g/mol. The molecule has 10 heteroatoms. The van der Waals surface area contributed by atoms with Crippen molar-refractivity contribution < 1.29 is 27.1 Å². The summed E-state index contributed by atoms with van der Waals surface area (Å²) >= 11 is 6.15. The van der Waals surface area contributed by atoms with E-state index in [1.165, 1.54) is 30.3 Å². The number of benzene rings is 2. The molecule has 0 fully saturated rings. The summed E-state index contributed by atoms with van der Waals surface area (Å²) in [5.74, 6) is -1.85. The Hall–Kier alpha value is -2.91. The first kappa shape index (κ1) is 26.3. The van der Waals surface area contributed by atoms with Crippen molar-refractivity contribution in [2.45, 2.75) is 37.6 Å². The monoisotopic (exact) mass is 496 g/mol. The summed E-state index contributed by atoms with van der Waals surface area (Å²) in [5, 5.41) is 2.63. The number of halogens is 2. The van der Waals surface area contributed by atoms with E-state index in [4.69, 9.17) is 16.3 Å². The topological polar surface area (TPSA) is 92.8 Å². The fraction of sp³-hybridized carbons (Fsp3) is 0.304. The first-order valence-corrected chi connectivity index (χ1v) is 12.1. The lowest BCUT2D eigenvalue weighted by Gasteiger charge is -2.24. The SMILES string of the molecule is C=CCN(c1ccc(F)cc1)S(=O)(=O)c1cc(C(=O)OCC(=O)NC(CC)CC)ccc1Cl. The van der Waals surface area contributed by atoms with Gasteiger partial charge in [0.25, 0.3) is 15.9 Å². The number of ether oxygens (including phenoxy) is 1. The predicted molar refractivity (Wildman–Crippen MR) is 125 cm³/mol. The zero-order valence-electron chi connectivity index (χ0n) is 18.4. The third kappa shape index (κ3) is 6.79. The molecule has 178 valence electrons. The summed E-state index contributed by atoms with van der Waals surface area (Å²) in [4.78, 5) is 24.1. The summed E-state index contributed by atoms with van der Waals surface area (Å²) < 4.78 is 46.0. The third-order valence-electron chi connectivity index (χ3n) is 4.83. The molecule has 1 N–H and O–H groups in total. The Morgan fingerprint density at radius 1 is 1.18 bits per heavy atom. The van der Waals surface area contributed by atoms with Crippen LogP contribution >= 0.6 is 11.6 Å². The summed E-state index contributed by atoms with van der Waals surface area (Å²) in [7, 11) is -4.25. The van der Waals surface area contributed by atoms with Gasteiger partial charge in [-0.2, -0.15) is 0 Å². The zero-order chi connectivity index (χ0) is 24.6. The molecule has 0 aliphatic carbocycles. The van der Waals surface area contributed by atoms with Gasteiger partial charge < -0.3 is 10.1 Å². The van der Waals surface area contributed by atoms with Crippen LogP contribution in [-0.2, 0) is 19.6 Å². The number of esters is 1. The highest BCUT2D eigenvalue weighted by Crippen LogP contribution is 2.29. The Morgan fingerprint density at radius 2 is 1.82 bits per heavy atom. The minimum absolute atomic E-state index is 0.0224. The molecule has 0 saturated heterocycles. The first-order valence-electron chi connectivity index (χ1n) is 10.3. The van der Waals surface area contributed by atoms with Gasteiger partial charge >= 0.3 is 5.97 Å². The van der Waals surface area contributed by atoms with Crippen molar-refractivity contribution in [3.8, 4) is 0 Å². The largest absolute Gasteiger partial charge is 0.452 e. The molecular formula is C23H26ClFN2O5S. The molecule has 0 radical (unpaired) electrons. The van der Waals surface area contributed by atoms with Crippen LogP contribution in [0.5, 0.6) is 0 Å². The quantitative estimate of drug-likeness (QED) is 0.369. The number of carbonyl (C=O) groups is 2. The average molecular weight is 497 g/mol. The van der Waals surface area contributed by atoms with E-state index in [0.717, 1.165) is 35.3 Å². The smallest absolute Gasteiger partial charge is 0.338 e. The zero-order valence-corrected chi connectivity index (χ0v) is 20.0. The lowest BCUT2D eigenvalue weighted by molar-refractivity contribution is -0.125. The van der Waals surface area contributed by atoms with Crippen molar-refractivity contribution in [2.75, 3.05) is 17.5 Å². The highest BCUT2D eigenvalue weighted by atomic mass is 35.5. The number of hydrogen-bond acceptors (Lipinski definition) is 5. The molecule has 2 aromatic rings. The maximum Gasteiger partial charge on any atom is 0.338 e. The van der Waals surface area contributed by atoms with Crippen molar-refractivity contribution in [2.24, 2.45) is 0 Å². The minimum atomic E-state index is -4.25. The number of amides is 1. The normalized spacial score (nSPS) is 11.2. The fourth-order valence-corrected chi connectivity index (χ4v) is 4.93. The molecule has 0 saturated carbocycles. The highest BCUT2D eigenvalue weighted by Gasteiger charge is 2.28. The van der Waals surface area contributed by atoms with E-state index >= 15 is 0 Å². The van der Waals surface area contributed by atoms with E-state index in [1.807, 2.05) is 13.8 Å². The maximum absolute atomic E-state index is 13.3. The lowest BCUT2D eigenvalue weighted by atomic mass is 10.2. The van der Waals surface area contributed by atoms with Crippen LogP contribution in [0.1, 0.15) is 37.0 Å². The number of sulfonamides is 1. The van der Waals surface area contributed by atoms with Crippen LogP contribution < -0.4 is 9.62 Å². The number of carbonyl (C=O) groups excluding carboxylic acids is 2. The Labute approximate surface area is 198 Å². The van der Waals surface area contributed by atoms with Gasteiger partial charge in [-0.25, -0.2) is 17.6 Å². The summed E-state index contributed by atoms with van der Waals surface area (Å²) in [5.41, 5.74) is 0.101. The second kappa shape index (κ2) is 11.8. The second-order valence-corrected chi connectivity index (χ2v) is 9.34. The molecule has 0 bridgehead atoms. The molecule has 0 aromatic heterocycles. The summed E-state index contributed by atoms with van der Waals surface area (Å²) in [6.45, 7) is 6.81. The molecule has 0 heterocycles. The third-order valence-corrected chi connectivity index (χ3v) is 7.10. The van der Waals surface area contributed by atoms with E-state index in [9.17, 15) is 22.4 Å². The van der Waals surface area contributed by atoms with Crippen LogP contribution in [0.15, 0.2) is 60.0 Å².